The van der Waals surface area contributed by atoms with E-state index in [2.05, 4.69) is 9.38 Å². The number of rotatable bonds is 2. The van der Waals surface area contributed by atoms with Gasteiger partial charge in [-0.3, -0.25) is 14.1 Å². The van der Waals surface area contributed by atoms with Crippen molar-refractivity contribution in [2.24, 2.45) is 0 Å². The van der Waals surface area contributed by atoms with Crippen molar-refractivity contribution in [1.82, 2.24) is 14.3 Å². The van der Waals surface area contributed by atoms with Gasteiger partial charge in [0.2, 0.25) is 0 Å². The van der Waals surface area contributed by atoms with Gasteiger partial charge in [0.15, 0.2) is 4.96 Å². The number of carboxylic acid groups (broad SMARTS) is 1. The van der Waals surface area contributed by atoms with Crippen LogP contribution in [0, 0.1) is 0 Å². The molecular weight excluding hydrogens is 357 g/mol. The van der Waals surface area contributed by atoms with Crippen LogP contribution < -0.4 is 0 Å². The number of nitrogens with zero attached hydrogens (tertiary/aromatic N) is 3. The SMILES string of the molecule is O=C(O)C1=CSC2/C(=C/c3cn4c5c(sc4n3)CCC5)C(=O)N12.[NaH]. The average molecular weight is 369 g/mol. The van der Waals surface area contributed by atoms with Crippen molar-refractivity contribution in [3.05, 3.63) is 39.1 Å². The number of β-lactam (4-membered cyclic amide) rings is 1. The first-order valence-corrected chi connectivity index (χ1v) is 9.03. The molecule has 24 heavy (non-hydrogen) atoms. The number of hydrogen-bond acceptors (Lipinski definition) is 5. The molecule has 1 unspecified atom stereocenters. The minimum absolute atomic E-state index is 0. The molecule has 1 aliphatic carbocycles. The normalized spacial score (nSPS) is 23.1. The van der Waals surface area contributed by atoms with E-state index in [0.29, 0.717) is 5.57 Å². The van der Waals surface area contributed by atoms with Crippen molar-refractivity contribution >= 4 is 75.6 Å². The van der Waals surface area contributed by atoms with Crippen molar-refractivity contribution < 1.29 is 14.7 Å². The van der Waals surface area contributed by atoms with E-state index >= 15 is 0 Å². The van der Waals surface area contributed by atoms with Crippen LogP contribution in [0.4, 0.5) is 0 Å². The number of imidazole rings is 1. The maximum atomic E-state index is 12.2. The predicted molar refractivity (Wildman–Crippen MR) is 94.2 cm³/mol. The van der Waals surface area contributed by atoms with Crippen LogP contribution in [0.25, 0.3) is 11.0 Å². The number of carbonyl (C=O) groups excluding carboxylic acids is 1. The molecule has 3 aliphatic rings. The fourth-order valence-electron chi connectivity index (χ4n) is 3.32. The molecule has 1 atom stereocenters. The third-order valence-electron chi connectivity index (χ3n) is 4.39. The molecular formula is C15H12N3NaO3S2. The first-order chi connectivity index (χ1) is 11.1. The number of aliphatic carboxylic acids is 1. The third-order valence-corrected chi connectivity index (χ3v) is 6.63. The van der Waals surface area contributed by atoms with Gasteiger partial charge in [0.05, 0.1) is 11.3 Å². The Balaban J connectivity index is 0.00000146. The van der Waals surface area contributed by atoms with Gasteiger partial charge in [0.1, 0.15) is 11.1 Å². The summed E-state index contributed by atoms with van der Waals surface area (Å²) in [6, 6.07) is 0. The average Bonchev–Trinajstić information content (AvgIpc) is 3.23. The van der Waals surface area contributed by atoms with Crippen LogP contribution in [0.1, 0.15) is 22.7 Å². The van der Waals surface area contributed by atoms with Crippen molar-refractivity contribution in [1.29, 1.82) is 0 Å². The Labute approximate surface area is 167 Å². The van der Waals surface area contributed by atoms with Gasteiger partial charge in [-0.1, -0.05) is 0 Å². The van der Waals surface area contributed by atoms with Crippen LogP contribution in [0.3, 0.4) is 0 Å². The number of hydrogen-bond donors (Lipinski definition) is 1. The molecule has 9 heteroatoms. The van der Waals surface area contributed by atoms with Crippen molar-refractivity contribution in [3.8, 4) is 0 Å². The molecule has 0 radical (unpaired) electrons. The van der Waals surface area contributed by atoms with Gasteiger partial charge in [-0.05, 0) is 25.3 Å². The Hall–Kier alpha value is -1.06. The van der Waals surface area contributed by atoms with Crippen LogP contribution in [-0.4, -0.2) is 66.2 Å². The van der Waals surface area contributed by atoms with Gasteiger partial charge < -0.3 is 5.11 Å². The molecule has 1 fully saturated rings. The summed E-state index contributed by atoms with van der Waals surface area (Å²) in [5.41, 5.74) is 2.78. The molecule has 0 spiro atoms. The molecule has 118 valence electrons. The molecule has 0 saturated carbocycles. The van der Waals surface area contributed by atoms with Crippen molar-refractivity contribution in [2.45, 2.75) is 24.6 Å². The first kappa shape index (κ1) is 16.4. The van der Waals surface area contributed by atoms with E-state index in [1.807, 2.05) is 6.20 Å². The van der Waals surface area contributed by atoms with E-state index < -0.39 is 5.97 Å². The number of aryl methyl sites for hydroxylation is 2. The van der Waals surface area contributed by atoms with Crippen LogP contribution in [-0.2, 0) is 22.4 Å². The van der Waals surface area contributed by atoms with Gasteiger partial charge in [0, 0.05) is 22.2 Å². The van der Waals surface area contributed by atoms with Crippen molar-refractivity contribution in [3.63, 3.8) is 0 Å². The molecule has 2 aromatic rings. The van der Waals surface area contributed by atoms with Gasteiger partial charge in [-0.25, -0.2) is 9.78 Å². The summed E-state index contributed by atoms with van der Waals surface area (Å²) in [5.74, 6) is -1.30. The number of carboxylic acids is 1. The number of fused-ring (bicyclic) bond motifs is 4. The van der Waals surface area contributed by atoms with Gasteiger partial charge in [-0.2, -0.15) is 0 Å². The Bertz CT molecular complexity index is 959. The second kappa shape index (κ2) is 5.74. The summed E-state index contributed by atoms with van der Waals surface area (Å²) >= 11 is 3.07. The monoisotopic (exact) mass is 369 g/mol. The number of thioether (sulfide) groups is 1. The fraction of sp³-hybridized carbons (Fsp3) is 0.267. The molecule has 0 bridgehead atoms. The van der Waals surface area contributed by atoms with E-state index in [1.54, 1.807) is 17.4 Å². The quantitative estimate of drug-likeness (QED) is 0.493. The van der Waals surface area contributed by atoms with Gasteiger partial charge >= 0.3 is 35.5 Å². The predicted octanol–water partition coefficient (Wildman–Crippen LogP) is 1.46. The Morgan fingerprint density at radius 3 is 3.04 bits per heavy atom. The summed E-state index contributed by atoms with van der Waals surface area (Å²) in [6.45, 7) is 0. The molecule has 1 saturated heterocycles. The summed E-state index contributed by atoms with van der Waals surface area (Å²) in [7, 11) is 0. The van der Waals surface area contributed by atoms with Crippen molar-refractivity contribution in [2.75, 3.05) is 0 Å². The Morgan fingerprint density at radius 2 is 2.25 bits per heavy atom. The first-order valence-electron chi connectivity index (χ1n) is 7.27. The number of amides is 1. The van der Waals surface area contributed by atoms with E-state index in [4.69, 9.17) is 5.11 Å². The molecule has 2 aliphatic heterocycles. The molecule has 1 N–H and O–H groups in total. The molecule has 2 aromatic heterocycles. The minimum atomic E-state index is -1.06. The summed E-state index contributed by atoms with van der Waals surface area (Å²) in [5, 5.41) is 10.4. The maximum absolute atomic E-state index is 12.2. The number of thiazole rings is 1. The second-order valence-corrected chi connectivity index (χ2v) is 7.73. The Morgan fingerprint density at radius 1 is 1.42 bits per heavy atom. The van der Waals surface area contributed by atoms with E-state index in [1.165, 1.54) is 39.1 Å². The zero-order valence-corrected chi connectivity index (χ0v) is 13.5. The molecule has 6 nitrogen and oxygen atoms in total. The molecule has 4 heterocycles. The Kier molecular flexibility index (Phi) is 3.92. The summed E-state index contributed by atoms with van der Waals surface area (Å²) in [6.07, 6.45) is 7.18. The van der Waals surface area contributed by atoms with Crippen LogP contribution >= 0.6 is 23.1 Å². The number of aromatic nitrogens is 2. The fourth-order valence-corrected chi connectivity index (χ4v) is 5.63. The third kappa shape index (κ3) is 2.17. The number of carbonyl (C=O) groups is 2. The summed E-state index contributed by atoms with van der Waals surface area (Å²) in [4.78, 5) is 31.6. The molecule has 1 amide bonds. The van der Waals surface area contributed by atoms with Gasteiger partial charge in [-0.15, -0.1) is 23.1 Å². The molecule has 5 rings (SSSR count). The van der Waals surface area contributed by atoms with E-state index in [0.717, 1.165) is 23.5 Å². The second-order valence-electron chi connectivity index (χ2n) is 5.72. The summed E-state index contributed by atoms with van der Waals surface area (Å²) < 4.78 is 2.13. The zero-order chi connectivity index (χ0) is 15.7. The van der Waals surface area contributed by atoms with Crippen LogP contribution in [0.5, 0.6) is 0 Å². The topological polar surface area (TPSA) is 74.9 Å². The molecule has 0 aromatic carbocycles. The standard InChI is InChI=1S/C15H11N3O3S2.Na.H/c19-12-8(13-18(12)10(6-22-13)14(20)21)4-7-5-17-9-2-1-3-11(9)23-15(17)16-7;;/h4-6,13H,1-3H2,(H,20,21);;/b8-4+;;. The van der Waals surface area contributed by atoms with E-state index in [9.17, 15) is 9.59 Å². The zero-order valence-electron chi connectivity index (χ0n) is 11.9. The van der Waals surface area contributed by atoms with Crippen LogP contribution in [0.15, 0.2) is 22.9 Å². The van der Waals surface area contributed by atoms with E-state index in [-0.39, 0.29) is 46.5 Å². The van der Waals surface area contributed by atoms with Crippen LogP contribution in [0.2, 0.25) is 0 Å². The van der Waals surface area contributed by atoms with Gasteiger partial charge in [0.25, 0.3) is 5.91 Å².